The lowest BCUT2D eigenvalue weighted by atomic mass is 9.96. The molecule has 2 aromatic rings. The minimum Gasteiger partial charge on any atom is -0.333 e. The van der Waals surface area contributed by atoms with Gasteiger partial charge in [0.2, 0.25) is 5.91 Å². The number of fused-ring (bicyclic) bond motifs is 1. The van der Waals surface area contributed by atoms with Crippen molar-refractivity contribution in [2.24, 2.45) is 0 Å². The maximum absolute atomic E-state index is 12.8. The smallest absolute Gasteiger partial charge is 0.240 e. The minimum absolute atomic E-state index is 0.0787. The molecule has 0 spiro atoms. The molecule has 1 fully saturated rings. The number of carbonyl (C=O) groups excluding carboxylic acids is 1. The van der Waals surface area contributed by atoms with Crippen LogP contribution in [0.15, 0.2) is 48.5 Å². The number of amides is 1. The number of hydrogen-bond donors (Lipinski definition) is 1. The second kappa shape index (κ2) is 5.99. The van der Waals surface area contributed by atoms with Crippen LogP contribution in [0.3, 0.4) is 0 Å². The van der Waals surface area contributed by atoms with Crippen LogP contribution in [0, 0.1) is 0 Å². The molecule has 0 unspecified atom stereocenters. The van der Waals surface area contributed by atoms with Gasteiger partial charge in [0, 0.05) is 24.7 Å². The van der Waals surface area contributed by atoms with Crippen molar-refractivity contribution in [2.75, 3.05) is 6.54 Å². The molecule has 0 saturated carbocycles. The molecule has 2 aromatic carbocycles. The molecule has 118 valence electrons. The number of nitrogens with one attached hydrogen (secondary N) is 1. The van der Waals surface area contributed by atoms with Crippen molar-refractivity contribution in [1.82, 2.24) is 10.2 Å². The zero-order valence-corrected chi connectivity index (χ0v) is 13.6. The summed E-state index contributed by atoms with van der Waals surface area (Å²) in [4.78, 5) is 14.8. The fourth-order valence-corrected chi connectivity index (χ4v) is 3.75. The average Bonchev–Trinajstić information content (AvgIpc) is 3.22. The number of nitrogens with zero attached hydrogens (tertiary/aromatic N) is 1. The molecule has 2 heterocycles. The summed E-state index contributed by atoms with van der Waals surface area (Å²) in [5.74, 6) is 0.601. The molecule has 23 heavy (non-hydrogen) atoms. The Balaban J connectivity index is 1.42. The van der Waals surface area contributed by atoms with E-state index in [1.807, 2.05) is 29.2 Å². The highest BCUT2D eigenvalue weighted by Crippen LogP contribution is 2.29. The van der Waals surface area contributed by atoms with Gasteiger partial charge in [0.15, 0.2) is 0 Å². The van der Waals surface area contributed by atoms with Crippen molar-refractivity contribution in [3.63, 3.8) is 0 Å². The van der Waals surface area contributed by atoms with E-state index >= 15 is 0 Å². The van der Waals surface area contributed by atoms with Gasteiger partial charge in [-0.2, -0.15) is 0 Å². The Morgan fingerprint density at radius 3 is 2.35 bits per heavy atom. The van der Waals surface area contributed by atoms with Crippen LogP contribution in [0.4, 0.5) is 0 Å². The number of hydrogen-bond acceptors (Lipinski definition) is 2. The zero-order chi connectivity index (χ0) is 15.8. The van der Waals surface area contributed by atoms with Crippen LogP contribution in [0.2, 0.25) is 5.02 Å². The second-order valence-corrected chi connectivity index (χ2v) is 6.84. The molecule has 1 amide bonds. The first-order valence-electron chi connectivity index (χ1n) is 8.05. The molecule has 4 heteroatoms. The Labute approximate surface area is 141 Å². The molecule has 2 aliphatic heterocycles. The monoisotopic (exact) mass is 326 g/mol. The first-order valence-corrected chi connectivity index (χ1v) is 8.43. The Morgan fingerprint density at radius 2 is 1.70 bits per heavy atom. The van der Waals surface area contributed by atoms with E-state index < -0.39 is 0 Å². The van der Waals surface area contributed by atoms with Crippen molar-refractivity contribution < 1.29 is 4.79 Å². The number of rotatable bonds is 2. The maximum atomic E-state index is 12.8. The lowest BCUT2D eigenvalue weighted by Crippen LogP contribution is -2.40. The van der Waals surface area contributed by atoms with Crippen molar-refractivity contribution in [3.05, 3.63) is 70.2 Å². The number of carbonyl (C=O) groups is 1. The van der Waals surface area contributed by atoms with Gasteiger partial charge in [0.1, 0.15) is 0 Å². The van der Waals surface area contributed by atoms with E-state index in [-0.39, 0.29) is 11.9 Å². The van der Waals surface area contributed by atoms with E-state index in [1.54, 1.807) is 0 Å². The quantitative estimate of drug-likeness (QED) is 0.918. The van der Waals surface area contributed by atoms with Gasteiger partial charge >= 0.3 is 0 Å². The molecule has 3 nitrogen and oxygen atoms in total. The van der Waals surface area contributed by atoms with Gasteiger partial charge < -0.3 is 10.2 Å². The van der Waals surface area contributed by atoms with E-state index in [1.165, 1.54) is 16.7 Å². The predicted octanol–water partition coefficient (Wildman–Crippen LogP) is 3.33. The summed E-state index contributed by atoms with van der Waals surface area (Å²) in [6.45, 7) is 2.32. The molecule has 1 saturated heterocycles. The van der Waals surface area contributed by atoms with Crippen LogP contribution in [0.5, 0.6) is 0 Å². The van der Waals surface area contributed by atoms with Crippen molar-refractivity contribution in [3.8, 4) is 0 Å². The van der Waals surface area contributed by atoms with Crippen LogP contribution in [0.1, 0.15) is 29.0 Å². The molecular formula is C19H19ClN2O. The first-order chi connectivity index (χ1) is 11.2. The van der Waals surface area contributed by atoms with Gasteiger partial charge in [-0.1, -0.05) is 48.0 Å². The van der Waals surface area contributed by atoms with E-state index in [0.29, 0.717) is 5.92 Å². The van der Waals surface area contributed by atoms with E-state index in [9.17, 15) is 4.79 Å². The van der Waals surface area contributed by atoms with Crippen LogP contribution >= 0.6 is 11.6 Å². The van der Waals surface area contributed by atoms with Crippen LogP contribution < -0.4 is 5.32 Å². The highest BCUT2D eigenvalue weighted by atomic mass is 35.5. The zero-order valence-electron chi connectivity index (χ0n) is 12.8. The Hall–Kier alpha value is -1.84. The summed E-state index contributed by atoms with van der Waals surface area (Å²) >= 11 is 5.95. The Morgan fingerprint density at radius 1 is 1.04 bits per heavy atom. The van der Waals surface area contributed by atoms with Gasteiger partial charge in [0.05, 0.1) is 6.04 Å². The van der Waals surface area contributed by atoms with Gasteiger partial charge in [0.25, 0.3) is 0 Å². The highest BCUT2D eigenvalue weighted by Gasteiger charge is 2.34. The fourth-order valence-electron chi connectivity index (χ4n) is 3.62. The third-order valence-corrected chi connectivity index (χ3v) is 5.17. The number of benzene rings is 2. The standard InChI is InChI=1S/C19H19ClN2O/c20-17-7-5-13(6-8-17)16-9-18(21-10-16)19(23)22-11-14-3-1-2-4-15(14)12-22/h1-8,16,18,21H,9-12H2/t16-,18-/m1/s1. The summed E-state index contributed by atoms with van der Waals surface area (Å²) in [6, 6.07) is 16.2. The maximum Gasteiger partial charge on any atom is 0.240 e. The first kappa shape index (κ1) is 14.7. The minimum atomic E-state index is -0.0787. The Kier molecular flexibility index (Phi) is 3.83. The molecule has 2 atom stereocenters. The summed E-state index contributed by atoms with van der Waals surface area (Å²) in [6.07, 6.45) is 0.854. The topological polar surface area (TPSA) is 32.3 Å². The summed E-state index contributed by atoms with van der Waals surface area (Å²) in [5.41, 5.74) is 3.79. The van der Waals surface area contributed by atoms with Crippen molar-refractivity contribution in [1.29, 1.82) is 0 Å². The molecule has 0 bridgehead atoms. The Bertz CT molecular complexity index is 703. The third-order valence-electron chi connectivity index (χ3n) is 4.92. The third kappa shape index (κ3) is 2.87. The normalized spacial score (nSPS) is 23.1. The van der Waals surface area contributed by atoms with Gasteiger partial charge in [-0.05, 0) is 41.2 Å². The van der Waals surface area contributed by atoms with Crippen LogP contribution in [0.25, 0.3) is 0 Å². The predicted molar refractivity (Wildman–Crippen MR) is 91.3 cm³/mol. The van der Waals surface area contributed by atoms with E-state index in [2.05, 4.69) is 29.6 Å². The van der Waals surface area contributed by atoms with Crippen LogP contribution in [-0.4, -0.2) is 23.4 Å². The average molecular weight is 327 g/mol. The second-order valence-electron chi connectivity index (χ2n) is 6.41. The largest absolute Gasteiger partial charge is 0.333 e. The van der Waals surface area contributed by atoms with Crippen molar-refractivity contribution in [2.45, 2.75) is 31.5 Å². The summed E-state index contributed by atoms with van der Waals surface area (Å²) in [7, 11) is 0. The lowest BCUT2D eigenvalue weighted by molar-refractivity contribution is -0.133. The molecule has 0 radical (unpaired) electrons. The fraction of sp³-hybridized carbons (Fsp3) is 0.316. The highest BCUT2D eigenvalue weighted by molar-refractivity contribution is 6.30. The van der Waals surface area contributed by atoms with E-state index in [0.717, 1.165) is 31.1 Å². The van der Waals surface area contributed by atoms with E-state index in [4.69, 9.17) is 11.6 Å². The van der Waals surface area contributed by atoms with Gasteiger partial charge in [-0.25, -0.2) is 0 Å². The molecule has 2 aliphatic rings. The SMILES string of the molecule is O=C([C@H]1C[C@@H](c2ccc(Cl)cc2)CN1)N1Cc2ccccc2C1. The molecular weight excluding hydrogens is 308 g/mol. The molecule has 1 N–H and O–H groups in total. The summed E-state index contributed by atoms with van der Waals surface area (Å²) < 4.78 is 0. The van der Waals surface area contributed by atoms with Gasteiger partial charge in [-0.3, -0.25) is 4.79 Å². The van der Waals surface area contributed by atoms with Gasteiger partial charge in [-0.15, -0.1) is 0 Å². The summed E-state index contributed by atoms with van der Waals surface area (Å²) in [5, 5.41) is 4.15. The van der Waals surface area contributed by atoms with Crippen molar-refractivity contribution >= 4 is 17.5 Å². The molecule has 0 aromatic heterocycles. The lowest BCUT2D eigenvalue weighted by Gasteiger charge is -2.20. The van der Waals surface area contributed by atoms with Crippen LogP contribution in [-0.2, 0) is 17.9 Å². The number of halogens is 1. The molecule has 0 aliphatic carbocycles. The molecule has 4 rings (SSSR count).